The minimum Gasteiger partial charge on any atom is -0.380 e. The van der Waals surface area contributed by atoms with Crippen molar-refractivity contribution in [2.75, 3.05) is 7.11 Å². The predicted octanol–water partition coefficient (Wildman–Crippen LogP) is 2.39. The van der Waals surface area contributed by atoms with Crippen molar-refractivity contribution >= 4 is 0 Å². The molecule has 0 unspecified atom stereocenters. The number of methoxy groups -OCH3 is 1. The van der Waals surface area contributed by atoms with Crippen molar-refractivity contribution in [3.63, 3.8) is 0 Å². The highest BCUT2D eigenvalue weighted by atomic mass is 19.2. The van der Waals surface area contributed by atoms with Gasteiger partial charge in [0.25, 0.3) is 0 Å². The summed E-state index contributed by atoms with van der Waals surface area (Å²) in [5.41, 5.74) is -0.736. The second-order valence-corrected chi connectivity index (χ2v) is 2.38. The van der Waals surface area contributed by atoms with E-state index in [2.05, 4.69) is 4.74 Å². The van der Waals surface area contributed by atoms with Gasteiger partial charge in [0.15, 0.2) is 23.3 Å². The van der Waals surface area contributed by atoms with Gasteiger partial charge >= 0.3 is 0 Å². The van der Waals surface area contributed by atoms with Crippen LogP contribution in [0.25, 0.3) is 0 Å². The summed E-state index contributed by atoms with van der Waals surface area (Å²) in [6.07, 6.45) is 0. The van der Waals surface area contributed by atoms with E-state index < -0.39 is 35.4 Å². The highest BCUT2D eigenvalue weighted by Crippen LogP contribution is 2.19. The first kappa shape index (κ1) is 9.98. The molecule has 72 valence electrons. The van der Waals surface area contributed by atoms with Gasteiger partial charge in [-0.15, -0.1) is 0 Å². The Morgan fingerprint density at radius 3 is 1.92 bits per heavy atom. The summed E-state index contributed by atoms with van der Waals surface area (Å²) >= 11 is 0. The highest BCUT2D eigenvalue weighted by Gasteiger charge is 2.18. The van der Waals surface area contributed by atoms with E-state index in [9.17, 15) is 17.6 Å². The Labute approximate surface area is 71.9 Å². The Kier molecular flexibility index (Phi) is 2.87. The molecule has 0 bridgehead atoms. The van der Waals surface area contributed by atoms with Crippen LogP contribution in [0, 0.1) is 23.3 Å². The van der Waals surface area contributed by atoms with Crippen LogP contribution in [0.2, 0.25) is 0 Å². The first-order chi connectivity index (χ1) is 6.07. The monoisotopic (exact) mass is 194 g/mol. The molecule has 0 heterocycles. The first-order valence-corrected chi connectivity index (χ1v) is 3.38. The second kappa shape index (κ2) is 3.74. The van der Waals surface area contributed by atoms with Crippen molar-refractivity contribution in [2.24, 2.45) is 0 Å². The summed E-state index contributed by atoms with van der Waals surface area (Å²) in [4.78, 5) is 0. The summed E-state index contributed by atoms with van der Waals surface area (Å²) < 4.78 is 54.9. The number of halogens is 4. The standard InChI is InChI=1S/C8H6F4O/c1-13-3-4-7(11)5(9)2-6(10)8(4)12/h2H,3H2,1H3. The van der Waals surface area contributed by atoms with Gasteiger partial charge in [0.05, 0.1) is 12.2 Å². The number of rotatable bonds is 2. The third-order valence-electron chi connectivity index (χ3n) is 1.49. The smallest absolute Gasteiger partial charge is 0.167 e. The van der Waals surface area contributed by atoms with Crippen LogP contribution in [0.4, 0.5) is 17.6 Å². The summed E-state index contributed by atoms with van der Waals surface area (Å²) in [5.74, 6) is -5.68. The maximum Gasteiger partial charge on any atom is 0.167 e. The van der Waals surface area contributed by atoms with Crippen LogP contribution in [0.15, 0.2) is 6.07 Å². The zero-order valence-corrected chi connectivity index (χ0v) is 6.70. The molecule has 0 aliphatic heterocycles. The van der Waals surface area contributed by atoms with E-state index in [0.717, 1.165) is 0 Å². The molecule has 0 atom stereocenters. The van der Waals surface area contributed by atoms with E-state index in [1.54, 1.807) is 0 Å². The van der Waals surface area contributed by atoms with Gasteiger partial charge in [0.1, 0.15) is 0 Å². The topological polar surface area (TPSA) is 9.23 Å². The molecule has 0 spiro atoms. The summed E-state index contributed by atoms with van der Waals surface area (Å²) in [6, 6.07) is 0.157. The fourth-order valence-corrected chi connectivity index (χ4v) is 0.894. The van der Waals surface area contributed by atoms with Crippen LogP contribution in [0.3, 0.4) is 0 Å². The lowest BCUT2D eigenvalue weighted by atomic mass is 10.2. The normalized spacial score (nSPS) is 10.5. The molecule has 1 aromatic carbocycles. The molecule has 0 fully saturated rings. The molecule has 1 aromatic rings. The van der Waals surface area contributed by atoms with Crippen LogP contribution in [-0.2, 0) is 11.3 Å². The fraction of sp³-hybridized carbons (Fsp3) is 0.250. The third-order valence-corrected chi connectivity index (χ3v) is 1.49. The average molecular weight is 194 g/mol. The van der Waals surface area contributed by atoms with Gasteiger partial charge in [-0.1, -0.05) is 0 Å². The van der Waals surface area contributed by atoms with Gasteiger partial charge in [-0.2, -0.15) is 0 Å². The van der Waals surface area contributed by atoms with Gasteiger partial charge in [-0.25, -0.2) is 17.6 Å². The molecule has 0 aromatic heterocycles. The van der Waals surface area contributed by atoms with Gasteiger partial charge in [0.2, 0.25) is 0 Å². The molecule has 5 heteroatoms. The summed E-state index contributed by atoms with van der Waals surface area (Å²) in [7, 11) is 1.17. The Hall–Kier alpha value is -1.10. The lowest BCUT2D eigenvalue weighted by Crippen LogP contribution is -2.03. The molecule has 1 nitrogen and oxygen atoms in total. The molecule has 0 aliphatic carbocycles. The molecule has 0 amide bonds. The molecule has 1 rings (SSSR count). The van der Waals surface area contributed by atoms with Crippen LogP contribution in [0.1, 0.15) is 5.56 Å². The zero-order chi connectivity index (χ0) is 10.0. The van der Waals surface area contributed by atoms with E-state index in [-0.39, 0.29) is 6.07 Å². The number of hydrogen-bond acceptors (Lipinski definition) is 1. The molecular weight excluding hydrogens is 188 g/mol. The van der Waals surface area contributed by atoms with E-state index >= 15 is 0 Å². The SMILES string of the molecule is COCc1c(F)c(F)cc(F)c1F. The zero-order valence-electron chi connectivity index (χ0n) is 6.70. The maximum atomic E-state index is 12.8. The molecule has 0 aliphatic rings. The van der Waals surface area contributed by atoms with Gasteiger partial charge in [0, 0.05) is 13.2 Å². The molecule has 0 saturated carbocycles. The summed E-state index contributed by atoms with van der Waals surface area (Å²) in [5, 5.41) is 0. The quantitative estimate of drug-likeness (QED) is 0.518. The minimum atomic E-state index is -1.43. The van der Waals surface area contributed by atoms with Crippen molar-refractivity contribution in [3.05, 3.63) is 34.9 Å². The van der Waals surface area contributed by atoms with Crippen molar-refractivity contribution in [3.8, 4) is 0 Å². The number of hydrogen-bond donors (Lipinski definition) is 0. The first-order valence-electron chi connectivity index (χ1n) is 3.38. The lowest BCUT2D eigenvalue weighted by molar-refractivity contribution is 0.175. The second-order valence-electron chi connectivity index (χ2n) is 2.38. The Morgan fingerprint density at radius 1 is 1.08 bits per heavy atom. The number of benzene rings is 1. The summed E-state index contributed by atoms with van der Waals surface area (Å²) in [6.45, 7) is -0.508. The fourth-order valence-electron chi connectivity index (χ4n) is 0.894. The molecule has 0 saturated heterocycles. The van der Waals surface area contributed by atoms with E-state index in [1.807, 2.05) is 0 Å². The van der Waals surface area contributed by atoms with Crippen molar-refractivity contribution in [1.29, 1.82) is 0 Å². The van der Waals surface area contributed by atoms with Crippen LogP contribution in [-0.4, -0.2) is 7.11 Å². The maximum absolute atomic E-state index is 12.8. The molecule has 0 radical (unpaired) electrons. The minimum absolute atomic E-state index is 0.157. The van der Waals surface area contributed by atoms with Gasteiger partial charge in [-0.3, -0.25) is 0 Å². The van der Waals surface area contributed by atoms with Gasteiger partial charge < -0.3 is 4.74 Å². The Morgan fingerprint density at radius 2 is 1.54 bits per heavy atom. The van der Waals surface area contributed by atoms with Crippen molar-refractivity contribution in [2.45, 2.75) is 6.61 Å². The third kappa shape index (κ3) is 1.80. The average Bonchev–Trinajstić information content (AvgIpc) is 2.09. The highest BCUT2D eigenvalue weighted by molar-refractivity contribution is 5.21. The molecule has 0 N–H and O–H groups in total. The molecular formula is C8H6F4O. The molecule has 13 heavy (non-hydrogen) atoms. The van der Waals surface area contributed by atoms with E-state index in [0.29, 0.717) is 0 Å². The number of ether oxygens (including phenoxy) is 1. The van der Waals surface area contributed by atoms with Crippen LogP contribution < -0.4 is 0 Å². The largest absolute Gasteiger partial charge is 0.380 e. The van der Waals surface area contributed by atoms with Crippen molar-refractivity contribution < 1.29 is 22.3 Å². The van der Waals surface area contributed by atoms with E-state index in [1.165, 1.54) is 7.11 Å². The Balaban J connectivity index is 3.28. The van der Waals surface area contributed by atoms with Crippen LogP contribution in [0.5, 0.6) is 0 Å². The van der Waals surface area contributed by atoms with Gasteiger partial charge in [-0.05, 0) is 0 Å². The van der Waals surface area contributed by atoms with Crippen molar-refractivity contribution in [1.82, 2.24) is 0 Å². The predicted molar refractivity (Wildman–Crippen MR) is 37.0 cm³/mol. The van der Waals surface area contributed by atoms with Crippen LogP contribution >= 0.6 is 0 Å². The lowest BCUT2D eigenvalue weighted by Gasteiger charge is -2.04. The van der Waals surface area contributed by atoms with E-state index in [4.69, 9.17) is 0 Å². The Bertz CT molecular complexity index is 298.